The minimum Gasteiger partial charge on any atom is -0.353 e. The molecule has 2 aromatic carbocycles. The molecule has 2 heterocycles. The second-order valence-corrected chi connectivity index (χ2v) is 10.5. The number of nitrogens with one attached hydrogen (secondary N) is 3. The van der Waals surface area contributed by atoms with Gasteiger partial charge >= 0.3 is 0 Å². The SMILES string of the molecule is CNCCNc1nccc(-c2sc(C(C)C)nc2-c2cccc(NS(=O)c3cc(F)ccc3F)c2F)n1. The van der Waals surface area contributed by atoms with Gasteiger partial charge in [0.2, 0.25) is 5.95 Å². The predicted octanol–water partition coefficient (Wildman–Crippen LogP) is 5.57. The van der Waals surface area contributed by atoms with Gasteiger partial charge in [-0.3, -0.25) is 4.72 Å². The maximum Gasteiger partial charge on any atom is 0.223 e. The number of benzene rings is 2. The predicted molar refractivity (Wildman–Crippen MR) is 141 cm³/mol. The van der Waals surface area contributed by atoms with Crippen LogP contribution in [0.15, 0.2) is 53.6 Å². The Hall–Kier alpha value is -3.35. The van der Waals surface area contributed by atoms with Crippen molar-refractivity contribution in [3.8, 4) is 21.8 Å². The summed E-state index contributed by atoms with van der Waals surface area (Å²) < 4.78 is 58.6. The third kappa shape index (κ3) is 6.14. The molecular weight excluding hydrogens is 521 g/mol. The van der Waals surface area contributed by atoms with Crippen molar-refractivity contribution in [1.29, 1.82) is 0 Å². The van der Waals surface area contributed by atoms with Gasteiger partial charge in [-0.25, -0.2) is 32.3 Å². The molecule has 0 bridgehead atoms. The molecule has 0 saturated heterocycles. The topological polar surface area (TPSA) is 91.8 Å². The average Bonchev–Trinajstić information content (AvgIpc) is 3.33. The largest absolute Gasteiger partial charge is 0.353 e. The highest BCUT2D eigenvalue weighted by Crippen LogP contribution is 2.40. The summed E-state index contributed by atoms with van der Waals surface area (Å²) in [5.74, 6) is -1.83. The lowest BCUT2D eigenvalue weighted by atomic mass is 10.1. The number of hydrogen-bond acceptors (Lipinski definition) is 7. The van der Waals surface area contributed by atoms with Gasteiger partial charge in [0, 0.05) is 30.8 Å². The summed E-state index contributed by atoms with van der Waals surface area (Å²) >= 11 is 1.40. The number of aromatic nitrogens is 3. The number of anilines is 2. The molecule has 1 atom stereocenters. The lowest BCUT2D eigenvalue weighted by molar-refractivity contribution is 0.572. The fourth-order valence-corrected chi connectivity index (χ4v) is 5.36. The van der Waals surface area contributed by atoms with Crippen LogP contribution in [0.1, 0.15) is 24.8 Å². The molecule has 0 amide bonds. The summed E-state index contributed by atoms with van der Waals surface area (Å²) in [6.45, 7) is 5.32. The Morgan fingerprint density at radius 1 is 1.05 bits per heavy atom. The van der Waals surface area contributed by atoms with E-state index in [2.05, 4.69) is 25.3 Å². The lowest BCUT2D eigenvalue weighted by Crippen LogP contribution is -2.18. The monoisotopic (exact) mass is 546 g/mol. The molecule has 194 valence electrons. The van der Waals surface area contributed by atoms with E-state index in [1.807, 2.05) is 20.9 Å². The van der Waals surface area contributed by atoms with Gasteiger partial charge < -0.3 is 10.6 Å². The zero-order chi connectivity index (χ0) is 26.5. The van der Waals surface area contributed by atoms with E-state index < -0.39 is 33.3 Å². The Morgan fingerprint density at radius 3 is 2.62 bits per heavy atom. The normalized spacial score (nSPS) is 12.1. The first-order valence-corrected chi connectivity index (χ1v) is 13.4. The highest BCUT2D eigenvalue weighted by atomic mass is 32.2. The molecule has 0 aliphatic heterocycles. The molecule has 0 radical (unpaired) electrons. The van der Waals surface area contributed by atoms with Crippen LogP contribution in [0.2, 0.25) is 0 Å². The van der Waals surface area contributed by atoms with Gasteiger partial charge in [-0.15, -0.1) is 11.3 Å². The van der Waals surface area contributed by atoms with E-state index in [0.717, 1.165) is 29.8 Å². The molecule has 0 spiro atoms. The number of thiazole rings is 1. The first-order chi connectivity index (χ1) is 17.8. The van der Waals surface area contributed by atoms with E-state index in [4.69, 9.17) is 4.98 Å². The molecule has 4 aromatic rings. The fourth-order valence-electron chi connectivity index (χ4n) is 3.38. The van der Waals surface area contributed by atoms with Crippen molar-refractivity contribution in [3.63, 3.8) is 0 Å². The smallest absolute Gasteiger partial charge is 0.223 e. The number of hydrogen-bond donors (Lipinski definition) is 3. The Kier molecular flexibility index (Phi) is 8.52. The Morgan fingerprint density at radius 2 is 1.86 bits per heavy atom. The third-order valence-electron chi connectivity index (χ3n) is 5.23. The lowest BCUT2D eigenvalue weighted by Gasteiger charge is -2.11. The minimum absolute atomic E-state index is 0.0837. The van der Waals surface area contributed by atoms with E-state index in [1.165, 1.54) is 17.4 Å². The van der Waals surface area contributed by atoms with E-state index in [0.29, 0.717) is 28.8 Å². The molecule has 37 heavy (non-hydrogen) atoms. The van der Waals surface area contributed by atoms with Crippen molar-refractivity contribution in [2.45, 2.75) is 24.7 Å². The molecule has 0 fully saturated rings. The maximum atomic E-state index is 15.8. The van der Waals surface area contributed by atoms with E-state index in [-0.39, 0.29) is 17.2 Å². The summed E-state index contributed by atoms with van der Waals surface area (Å²) in [5, 5.41) is 6.96. The van der Waals surface area contributed by atoms with Crippen LogP contribution in [0, 0.1) is 17.5 Å². The molecule has 0 aliphatic carbocycles. The number of halogens is 3. The zero-order valence-corrected chi connectivity index (χ0v) is 21.9. The summed E-state index contributed by atoms with van der Waals surface area (Å²) in [6.07, 6.45) is 1.62. The van der Waals surface area contributed by atoms with E-state index in [9.17, 15) is 13.0 Å². The van der Waals surface area contributed by atoms with Crippen LogP contribution in [0.5, 0.6) is 0 Å². The molecule has 1 unspecified atom stereocenters. The number of likely N-dealkylation sites (N-methyl/N-ethyl adjacent to an activating group) is 1. The van der Waals surface area contributed by atoms with Crippen molar-refractivity contribution < 1.29 is 17.4 Å². The van der Waals surface area contributed by atoms with Crippen LogP contribution >= 0.6 is 11.3 Å². The molecular formula is C25H25F3N6OS2. The number of nitrogens with zero attached hydrogens (tertiary/aromatic N) is 3. The van der Waals surface area contributed by atoms with Crippen LogP contribution in [0.4, 0.5) is 24.8 Å². The maximum absolute atomic E-state index is 15.8. The minimum atomic E-state index is -2.24. The Labute approximate surface area is 219 Å². The van der Waals surface area contributed by atoms with Crippen molar-refractivity contribution in [3.05, 3.63) is 71.1 Å². The van der Waals surface area contributed by atoms with Gasteiger partial charge in [0.25, 0.3) is 0 Å². The standard InChI is InChI=1S/C25H25F3N6OS2/c1-14(2)24-33-22(23(36-24)19-9-10-30-25(32-19)31-12-11-29-3)16-5-4-6-18(21(16)28)34-37(35)20-13-15(26)7-8-17(20)27/h4-10,13-14,29,34H,11-12H2,1-3H3,(H,30,31,32). The van der Waals surface area contributed by atoms with Gasteiger partial charge in [0.15, 0.2) is 16.8 Å². The molecule has 7 nitrogen and oxygen atoms in total. The van der Waals surface area contributed by atoms with Crippen LogP contribution in [0.3, 0.4) is 0 Å². The molecule has 12 heteroatoms. The first kappa shape index (κ1) is 26.7. The quantitative estimate of drug-likeness (QED) is 0.225. The summed E-state index contributed by atoms with van der Waals surface area (Å²) in [7, 11) is -0.394. The Balaban J connectivity index is 1.73. The summed E-state index contributed by atoms with van der Waals surface area (Å²) in [5.41, 5.74) is 0.965. The molecule has 3 N–H and O–H groups in total. The van der Waals surface area contributed by atoms with E-state index in [1.54, 1.807) is 24.4 Å². The van der Waals surface area contributed by atoms with Gasteiger partial charge in [-0.05, 0) is 43.4 Å². The Bertz CT molecular complexity index is 1430. The van der Waals surface area contributed by atoms with Gasteiger partial charge in [0.1, 0.15) is 11.6 Å². The molecule has 0 aliphatic rings. The molecule has 4 rings (SSSR count). The van der Waals surface area contributed by atoms with Crippen molar-refractivity contribution in [1.82, 2.24) is 20.3 Å². The van der Waals surface area contributed by atoms with Crippen molar-refractivity contribution in [2.75, 3.05) is 30.2 Å². The van der Waals surface area contributed by atoms with Gasteiger partial charge in [-0.2, -0.15) is 0 Å². The van der Waals surface area contributed by atoms with Crippen LogP contribution in [-0.4, -0.2) is 39.3 Å². The van der Waals surface area contributed by atoms with E-state index >= 15 is 4.39 Å². The van der Waals surface area contributed by atoms with Crippen molar-refractivity contribution in [2.24, 2.45) is 0 Å². The molecule has 0 saturated carbocycles. The number of rotatable bonds is 10. The van der Waals surface area contributed by atoms with Crippen LogP contribution in [-0.2, 0) is 11.0 Å². The van der Waals surface area contributed by atoms with Crippen LogP contribution < -0.4 is 15.4 Å². The fraction of sp³-hybridized carbons (Fsp3) is 0.240. The second kappa shape index (κ2) is 11.8. The zero-order valence-electron chi connectivity index (χ0n) is 20.3. The first-order valence-electron chi connectivity index (χ1n) is 11.4. The summed E-state index contributed by atoms with van der Waals surface area (Å²) in [6, 6.07) is 8.83. The summed E-state index contributed by atoms with van der Waals surface area (Å²) in [4.78, 5) is 13.8. The average molecular weight is 547 g/mol. The highest BCUT2D eigenvalue weighted by molar-refractivity contribution is 7.86. The highest BCUT2D eigenvalue weighted by Gasteiger charge is 2.23. The second-order valence-electron chi connectivity index (χ2n) is 8.29. The third-order valence-corrected chi connectivity index (χ3v) is 7.73. The van der Waals surface area contributed by atoms with Gasteiger partial charge in [0.05, 0.1) is 31.9 Å². The van der Waals surface area contributed by atoms with Gasteiger partial charge in [-0.1, -0.05) is 19.9 Å². The molecule has 2 aromatic heterocycles. The van der Waals surface area contributed by atoms with Crippen molar-refractivity contribution >= 4 is 34.0 Å². The van der Waals surface area contributed by atoms with Crippen LogP contribution in [0.25, 0.3) is 21.8 Å².